The Labute approximate surface area is 142 Å². The van der Waals surface area contributed by atoms with Gasteiger partial charge in [-0.25, -0.2) is 0 Å². The maximum Gasteiger partial charge on any atom is 0.311 e. The molecule has 1 aromatic carbocycles. The highest BCUT2D eigenvalue weighted by Crippen LogP contribution is 2.39. The molecule has 1 aliphatic heterocycles. The Kier molecular flexibility index (Phi) is 5.36. The van der Waals surface area contributed by atoms with Crippen molar-refractivity contribution in [3.05, 3.63) is 23.8 Å². The molecule has 0 spiro atoms. The van der Waals surface area contributed by atoms with E-state index in [2.05, 4.69) is 0 Å². The van der Waals surface area contributed by atoms with Crippen LogP contribution in [0.2, 0.25) is 0 Å². The van der Waals surface area contributed by atoms with Crippen LogP contribution in [-0.2, 0) is 19.1 Å². The van der Waals surface area contributed by atoms with E-state index in [1.54, 1.807) is 47.1 Å². The first-order valence-corrected chi connectivity index (χ1v) is 7.85. The van der Waals surface area contributed by atoms with Crippen molar-refractivity contribution in [2.75, 3.05) is 20.8 Å². The highest BCUT2D eigenvalue weighted by atomic mass is 16.6. The second kappa shape index (κ2) is 7.11. The Balaban J connectivity index is 2.15. The molecule has 0 N–H and O–H groups in total. The third kappa shape index (κ3) is 3.99. The number of carbonyl (C=O) groups is 2. The van der Waals surface area contributed by atoms with Gasteiger partial charge in [-0.2, -0.15) is 0 Å². The molecule has 1 fully saturated rings. The van der Waals surface area contributed by atoms with Crippen LogP contribution < -0.4 is 9.47 Å². The third-order valence-electron chi connectivity index (χ3n) is 3.89. The number of rotatable bonds is 5. The summed E-state index contributed by atoms with van der Waals surface area (Å²) in [5.74, 6) is 0.339. The van der Waals surface area contributed by atoms with E-state index >= 15 is 0 Å². The Morgan fingerprint density at radius 2 is 1.88 bits per heavy atom. The zero-order valence-corrected chi connectivity index (χ0v) is 14.8. The second-order valence-electron chi connectivity index (χ2n) is 6.84. The van der Waals surface area contributed by atoms with E-state index in [0.717, 1.165) is 5.56 Å². The summed E-state index contributed by atoms with van der Waals surface area (Å²) in [6, 6.07) is 5.36. The molecule has 0 amide bonds. The highest BCUT2D eigenvalue weighted by molar-refractivity contribution is 5.76. The maximum absolute atomic E-state index is 11.9. The van der Waals surface area contributed by atoms with E-state index in [4.69, 9.17) is 18.9 Å². The largest absolute Gasteiger partial charge is 0.493 e. The van der Waals surface area contributed by atoms with Crippen LogP contribution in [-0.4, -0.2) is 32.8 Å². The van der Waals surface area contributed by atoms with Crippen molar-refractivity contribution in [1.82, 2.24) is 0 Å². The van der Waals surface area contributed by atoms with Crippen molar-refractivity contribution in [3.8, 4) is 11.5 Å². The molecule has 1 heterocycles. The van der Waals surface area contributed by atoms with Gasteiger partial charge >= 0.3 is 11.9 Å². The summed E-state index contributed by atoms with van der Waals surface area (Å²) in [5, 5.41) is 0. The lowest BCUT2D eigenvalue weighted by atomic mass is 9.94. The molecule has 6 nitrogen and oxygen atoms in total. The summed E-state index contributed by atoms with van der Waals surface area (Å²) < 4.78 is 21.3. The fourth-order valence-corrected chi connectivity index (χ4v) is 2.52. The van der Waals surface area contributed by atoms with Gasteiger partial charge in [0.1, 0.15) is 6.10 Å². The minimum absolute atomic E-state index is 0.140. The zero-order chi connectivity index (χ0) is 17.9. The molecule has 0 saturated carbocycles. The Hall–Kier alpha value is -2.24. The normalized spacial score (nSPS) is 20.5. The number of hydrogen-bond acceptors (Lipinski definition) is 6. The van der Waals surface area contributed by atoms with Gasteiger partial charge in [-0.1, -0.05) is 6.07 Å². The molecule has 1 saturated heterocycles. The predicted octanol–water partition coefficient (Wildman–Crippen LogP) is 2.90. The van der Waals surface area contributed by atoms with Gasteiger partial charge in [-0.15, -0.1) is 0 Å². The molecule has 0 bridgehead atoms. The SMILES string of the molecule is COc1ccc([C@H]2OC(=O)C[C@H]2COC(=O)C(C)(C)C)cc1OC. The van der Waals surface area contributed by atoms with Crippen LogP contribution >= 0.6 is 0 Å². The Morgan fingerprint density at radius 1 is 1.21 bits per heavy atom. The smallest absolute Gasteiger partial charge is 0.311 e. The second-order valence-corrected chi connectivity index (χ2v) is 6.84. The predicted molar refractivity (Wildman–Crippen MR) is 86.9 cm³/mol. The molecule has 2 atom stereocenters. The van der Waals surface area contributed by atoms with Crippen molar-refractivity contribution >= 4 is 11.9 Å². The van der Waals surface area contributed by atoms with Crippen LogP contribution in [0, 0.1) is 11.3 Å². The topological polar surface area (TPSA) is 71.1 Å². The molecule has 6 heteroatoms. The van der Waals surface area contributed by atoms with E-state index in [1.807, 2.05) is 6.07 Å². The van der Waals surface area contributed by atoms with Crippen molar-refractivity contribution in [2.45, 2.75) is 33.3 Å². The fourth-order valence-electron chi connectivity index (χ4n) is 2.52. The molecule has 0 radical (unpaired) electrons. The third-order valence-corrected chi connectivity index (χ3v) is 3.89. The van der Waals surface area contributed by atoms with Crippen LogP contribution in [0.5, 0.6) is 11.5 Å². The number of benzene rings is 1. The van der Waals surface area contributed by atoms with Crippen LogP contribution in [0.3, 0.4) is 0 Å². The van der Waals surface area contributed by atoms with Gasteiger partial charge < -0.3 is 18.9 Å². The number of methoxy groups -OCH3 is 2. The first kappa shape index (κ1) is 18.1. The zero-order valence-electron chi connectivity index (χ0n) is 14.8. The average Bonchev–Trinajstić information content (AvgIpc) is 2.91. The van der Waals surface area contributed by atoms with Gasteiger partial charge in [-0.3, -0.25) is 9.59 Å². The number of esters is 2. The van der Waals surface area contributed by atoms with Crippen molar-refractivity contribution < 1.29 is 28.5 Å². The van der Waals surface area contributed by atoms with Crippen molar-refractivity contribution in [3.63, 3.8) is 0 Å². The molecule has 24 heavy (non-hydrogen) atoms. The summed E-state index contributed by atoms with van der Waals surface area (Å²) >= 11 is 0. The average molecular weight is 336 g/mol. The monoisotopic (exact) mass is 336 g/mol. The van der Waals surface area contributed by atoms with Crippen LogP contribution in [0.25, 0.3) is 0 Å². The summed E-state index contributed by atoms with van der Waals surface area (Å²) in [6.07, 6.45) is -0.249. The van der Waals surface area contributed by atoms with Gasteiger partial charge in [0.05, 0.1) is 32.7 Å². The minimum Gasteiger partial charge on any atom is -0.493 e. The van der Waals surface area contributed by atoms with Gasteiger partial charge in [0.25, 0.3) is 0 Å². The summed E-state index contributed by atoms with van der Waals surface area (Å²) in [5.41, 5.74) is 0.206. The maximum atomic E-state index is 11.9. The first-order chi connectivity index (χ1) is 11.3. The quantitative estimate of drug-likeness (QED) is 0.770. The highest BCUT2D eigenvalue weighted by Gasteiger charge is 2.38. The molecule has 1 aromatic rings. The van der Waals surface area contributed by atoms with Crippen LogP contribution in [0.1, 0.15) is 38.9 Å². The molecule has 1 aliphatic rings. The van der Waals surface area contributed by atoms with Crippen LogP contribution in [0.15, 0.2) is 18.2 Å². The van der Waals surface area contributed by atoms with E-state index in [-0.39, 0.29) is 30.9 Å². The lowest BCUT2D eigenvalue weighted by Crippen LogP contribution is -2.26. The van der Waals surface area contributed by atoms with Gasteiger partial charge in [0, 0.05) is 5.92 Å². The van der Waals surface area contributed by atoms with Gasteiger partial charge in [0.2, 0.25) is 0 Å². The van der Waals surface area contributed by atoms with Gasteiger partial charge in [-0.05, 0) is 38.5 Å². The number of carbonyl (C=O) groups excluding carboxylic acids is 2. The van der Waals surface area contributed by atoms with E-state index in [1.165, 1.54) is 0 Å². The molecular formula is C18H24O6. The van der Waals surface area contributed by atoms with Crippen LogP contribution in [0.4, 0.5) is 0 Å². The lowest BCUT2D eigenvalue weighted by molar-refractivity contribution is -0.154. The number of cyclic esters (lactones) is 1. The van der Waals surface area contributed by atoms with E-state index in [9.17, 15) is 9.59 Å². The van der Waals surface area contributed by atoms with E-state index < -0.39 is 11.5 Å². The van der Waals surface area contributed by atoms with Crippen molar-refractivity contribution in [1.29, 1.82) is 0 Å². The van der Waals surface area contributed by atoms with Crippen molar-refractivity contribution in [2.24, 2.45) is 11.3 Å². The summed E-state index contributed by atoms with van der Waals surface area (Å²) in [4.78, 5) is 23.7. The number of ether oxygens (including phenoxy) is 4. The lowest BCUT2D eigenvalue weighted by Gasteiger charge is -2.22. The Morgan fingerprint density at radius 3 is 2.46 bits per heavy atom. The molecular weight excluding hydrogens is 312 g/mol. The Bertz CT molecular complexity index is 616. The number of hydrogen-bond donors (Lipinski definition) is 0. The molecule has 0 aromatic heterocycles. The van der Waals surface area contributed by atoms with Gasteiger partial charge in [0.15, 0.2) is 11.5 Å². The fraction of sp³-hybridized carbons (Fsp3) is 0.556. The standard InChI is InChI=1S/C18H24O6/c1-18(2,3)17(20)23-10-12-9-15(19)24-16(12)11-6-7-13(21-4)14(8-11)22-5/h6-8,12,16H,9-10H2,1-5H3/t12-,16+/m0/s1. The van der Waals surface area contributed by atoms with E-state index in [0.29, 0.717) is 11.5 Å². The minimum atomic E-state index is -0.581. The summed E-state index contributed by atoms with van der Waals surface area (Å²) in [6.45, 7) is 5.51. The molecule has 0 unspecified atom stereocenters. The summed E-state index contributed by atoms with van der Waals surface area (Å²) in [7, 11) is 3.10. The molecule has 132 valence electrons. The molecule has 2 rings (SSSR count). The first-order valence-electron chi connectivity index (χ1n) is 7.85. The molecule has 0 aliphatic carbocycles.